The Labute approximate surface area is 661 Å². The SMILES string of the molecule is C1CCCC1.COc1cccc2[nH]c(C(=O)N[C@@H](CC(C)C)C(=O)N[C@@H](C[C@@H]3CCNC3=O)C(C#N)N3CCCC3)cc12.COc1cccc2[nH]c(C(=O)N[C@@H](CC(C)C)C(=O)N[C@@H](C[C@@H]3CCNC3=O)C(C#N)N3CCCC3)cc12.COc1cccc2[nH]c(C(=O)N[C@@H](CC(C)C)C(=O)N[C@H](C=O)C[C@@H]3CCNC3=O)cc12. The molecule has 11 atom stereocenters. The van der Waals surface area contributed by atoms with Crippen molar-refractivity contribution >= 4 is 92.2 Å². The van der Waals surface area contributed by atoms with Gasteiger partial charge in [0, 0.05) is 70.1 Å². The van der Waals surface area contributed by atoms with E-state index in [1.165, 1.54) is 32.1 Å². The number of nitrogens with one attached hydrogen (secondary N) is 12. The topological polar surface area (TPSA) is 408 Å². The summed E-state index contributed by atoms with van der Waals surface area (Å²) in [4.78, 5) is 141. The summed E-state index contributed by atoms with van der Waals surface area (Å²) in [6, 6.07) is 21.0. The number of rotatable bonds is 32. The quantitative estimate of drug-likeness (QED) is 0.0177. The first-order chi connectivity index (χ1) is 54.4. The molecule has 9 amide bonds. The van der Waals surface area contributed by atoms with Crippen LogP contribution in [0.2, 0.25) is 0 Å². The van der Waals surface area contributed by atoms with Gasteiger partial charge in [-0.3, -0.25) is 53.0 Å². The highest BCUT2D eigenvalue weighted by molar-refractivity contribution is 6.04. The van der Waals surface area contributed by atoms with E-state index in [0.717, 1.165) is 84.6 Å². The van der Waals surface area contributed by atoms with Gasteiger partial charge in [0.15, 0.2) is 0 Å². The van der Waals surface area contributed by atoms with Crippen LogP contribution in [0.15, 0.2) is 72.8 Å². The minimum absolute atomic E-state index is 0.0383. The van der Waals surface area contributed by atoms with Crippen LogP contribution in [-0.2, 0) is 33.6 Å². The van der Waals surface area contributed by atoms with E-state index in [0.29, 0.717) is 112 Å². The smallest absolute Gasteiger partial charge is 0.268 e. The number of carbonyl (C=O) groups is 10. The normalized spacial score (nSPS) is 19.6. The van der Waals surface area contributed by atoms with Crippen LogP contribution in [0.25, 0.3) is 32.7 Å². The van der Waals surface area contributed by atoms with Crippen molar-refractivity contribution in [2.75, 3.05) is 67.1 Å². The van der Waals surface area contributed by atoms with E-state index in [1.807, 2.05) is 90.1 Å². The highest BCUT2D eigenvalue weighted by atomic mass is 16.5. The van der Waals surface area contributed by atoms with E-state index < -0.39 is 72.0 Å². The lowest BCUT2D eigenvalue weighted by Crippen LogP contribution is -2.56. The van der Waals surface area contributed by atoms with Gasteiger partial charge < -0.3 is 81.8 Å². The zero-order valence-electron chi connectivity index (χ0n) is 66.9. The maximum absolute atomic E-state index is 13.6. The first-order valence-electron chi connectivity index (χ1n) is 40.3. The molecule has 6 fully saturated rings. The number of ether oxygens (including phenoxy) is 3. The lowest BCUT2D eigenvalue weighted by atomic mass is 9.92. The van der Waals surface area contributed by atoms with E-state index in [4.69, 9.17) is 14.2 Å². The van der Waals surface area contributed by atoms with Gasteiger partial charge in [-0.2, -0.15) is 10.5 Å². The van der Waals surface area contributed by atoms with E-state index in [2.05, 4.69) is 84.7 Å². The molecule has 610 valence electrons. The van der Waals surface area contributed by atoms with Crippen LogP contribution in [0, 0.1) is 58.2 Å². The summed E-state index contributed by atoms with van der Waals surface area (Å²) in [7, 11) is 4.71. The molecule has 12 N–H and O–H groups in total. The van der Waals surface area contributed by atoms with Crippen LogP contribution >= 0.6 is 0 Å². The molecule has 2 unspecified atom stereocenters. The standard InChI is InChI=1S/2C28H38N6O4.C23H30N4O5.C5H10/c2*1-17(2)13-22(33-28(37)23-15-19-20(31-23)7-6-8-25(19)38-3)27(36)32-21(14-18-9-10-30-26(18)35)24(16-29)34-11-4-5-12-34;1-13(2)9-18(22(30)25-15(12-28)10-14-7-8-24-21(14)29)27-23(31)19-11-16-17(26-19)5-4-6-20(16)32-3;1-2-4-5-3-1/h2*6-8,15,17-18,21-22,24,31H,4-5,9-14H2,1-3H3,(H,30,35)(H,32,36)(H,33,37);4-6,11-15,18,26H,7-10H2,1-3H3,(H,24,29)(H,25,30)(H,27,31);1-5H2/t2*18-,21-,22-,24?;14-,15-,18-;/m000./s1. The highest BCUT2D eigenvalue weighted by Gasteiger charge is 2.40. The Morgan fingerprint density at radius 1 is 0.451 bits per heavy atom. The zero-order valence-corrected chi connectivity index (χ0v) is 66.9. The Kier molecular flexibility index (Phi) is 32.4. The van der Waals surface area contributed by atoms with Crippen molar-refractivity contribution in [3.05, 3.63) is 89.9 Å². The molecule has 3 aromatic heterocycles. The van der Waals surface area contributed by atoms with E-state index in [-0.39, 0.29) is 71.5 Å². The number of fused-ring (bicyclic) bond motifs is 3. The molecule has 6 aromatic rings. The largest absolute Gasteiger partial charge is 0.496 e. The van der Waals surface area contributed by atoms with Crippen molar-refractivity contribution in [2.45, 2.75) is 205 Å². The molecule has 12 rings (SSSR count). The molecule has 0 radical (unpaired) electrons. The number of nitrogens with zero attached hydrogens (tertiary/aromatic N) is 4. The van der Waals surface area contributed by atoms with Gasteiger partial charge in [0.2, 0.25) is 35.4 Å². The molecule has 6 aliphatic rings. The van der Waals surface area contributed by atoms with Crippen LogP contribution in [0.1, 0.15) is 189 Å². The number of nitriles is 2. The Morgan fingerprint density at radius 3 is 1.02 bits per heavy atom. The first kappa shape index (κ1) is 86.5. The molecule has 0 bridgehead atoms. The van der Waals surface area contributed by atoms with E-state index >= 15 is 0 Å². The predicted octanol–water partition coefficient (Wildman–Crippen LogP) is 8.12. The van der Waals surface area contributed by atoms with Crippen molar-refractivity contribution in [1.29, 1.82) is 10.5 Å². The molecular weight excluding hydrogens is 1440 g/mol. The summed E-state index contributed by atoms with van der Waals surface area (Å²) < 4.78 is 16.1. The minimum atomic E-state index is -0.823. The minimum Gasteiger partial charge on any atom is -0.496 e. The van der Waals surface area contributed by atoms with E-state index in [1.54, 1.807) is 45.6 Å². The van der Waals surface area contributed by atoms with Crippen molar-refractivity contribution in [1.82, 2.24) is 72.6 Å². The summed E-state index contributed by atoms with van der Waals surface area (Å²) in [5, 5.41) is 48.3. The average Bonchev–Trinajstić information content (AvgIpc) is 1.67. The van der Waals surface area contributed by atoms with Gasteiger partial charge in [-0.25, -0.2) is 0 Å². The van der Waals surface area contributed by atoms with Gasteiger partial charge >= 0.3 is 0 Å². The van der Waals surface area contributed by atoms with Gasteiger partial charge in [0.25, 0.3) is 17.7 Å². The Balaban J connectivity index is 0.000000189. The first-order valence-corrected chi connectivity index (χ1v) is 40.3. The Morgan fingerprint density at radius 2 is 0.752 bits per heavy atom. The van der Waals surface area contributed by atoms with Crippen LogP contribution < -0.4 is 62.1 Å². The fraction of sp³-hybridized carbons (Fsp3) is 0.571. The molecule has 8 heterocycles. The number of aromatic nitrogens is 3. The lowest BCUT2D eigenvalue weighted by molar-refractivity contribution is -0.127. The third-order valence-corrected chi connectivity index (χ3v) is 21.8. The fourth-order valence-electron chi connectivity index (χ4n) is 15.9. The monoisotopic (exact) mass is 1560 g/mol. The van der Waals surface area contributed by atoms with Gasteiger partial charge in [0.1, 0.15) is 70.8 Å². The predicted molar refractivity (Wildman–Crippen MR) is 429 cm³/mol. The summed E-state index contributed by atoms with van der Waals surface area (Å²) >= 11 is 0. The number of aldehydes is 1. The number of carbonyl (C=O) groups excluding carboxylic acids is 10. The zero-order chi connectivity index (χ0) is 81.3. The molecule has 3 aromatic carbocycles. The number of amides is 9. The highest BCUT2D eigenvalue weighted by Crippen LogP contribution is 2.31. The molecule has 1 aliphatic carbocycles. The number of hydrogen-bond donors (Lipinski definition) is 12. The van der Waals surface area contributed by atoms with Crippen LogP contribution in [0.5, 0.6) is 17.2 Å². The maximum atomic E-state index is 13.6. The second-order valence-electron chi connectivity index (χ2n) is 31.7. The molecule has 5 saturated heterocycles. The van der Waals surface area contributed by atoms with Crippen molar-refractivity contribution < 1.29 is 62.2 Å². The lowest BCUT2D eigenvalue weighted by Gasteiger charge is -2.32. The maximum Gasteiger partial charge on any atom is 0.268 e. The molecule has 5 aliphatic heterocycles. The number of hydrogen-bond acceptors (Lipinski definition) is 17. The second-order valence-corrected chi connectivity index (χ2v) is 31.7. The number of aromatic amines is 3. The molecule has 1 saturated carbocycles. The summed E-state index contributed by atoms with van der Waals surface area (Å²) in [6.07, 6.45) is 16.4. The number of likely N-dealkylation sites (tertiary alicyclic amines) is 2. The molecule has 29 nitrogen and oxygen atoms in total. The Hall–Kier alpha value is -10.5. The van der Waals surface area contributed by atoms with Crippen LogP contribution in [0.3, 0.4) is 0 Å². The van der Waals surface area contributed by atoms with E-state index in [9.17, 15) is 58.5 Å². The molecular formula is C84H116N16O13. The Bertz CT molecular complexity index is 4130. The third-order valence-electron chi connectivity index (χ3n) is 21.8. The van der Waals surface area contributed by atoms with Gasteiger partial charge in [-0.15, -0.1) is 0 Å². The number of H-pyrrole nitrogens is 3. The van der Waals surface area contributed by atoms with Gasteiger partial charge in [-0.1, -0.05) is 91.8 Å². The third kappa shape index (κ3) is 24.0. The fourth-order valence-corrected chi connectivity index (χ4v) is 15.9. The molecule has 0 spiro atoms. The molecule has 29 heteroatoms. The van der Waals surface area contributed by atoms with Crippen molar-refractivity contribution in [2.24, 2.45) is 35.5 Å². The van der Waals surface area contributed by atoms with Crippen LogP contribution in [-0.4, -0.2) is 200 Å². The van der Waals surface area contributed by atoms with Gasteiger partial charge in [0.05, 0.1) is 51.6 Å². The average molecular weight is 1560 g/mol. The number of methoxy groups -OCH3 is 3. The summed E-state index contributed by atoms with van der Waals surface area (Å²) in [5.74, 6) is -1.000. The second kappa shape index (κ2) is 42.4. The van der Waals surface area contributed by atoms with Crippen molar-refractivity contribution in [3.63, 3.8) is 0 Å². The summed E-state index contributed by atoms with van der Waals surface area (Å²) in [5.41, 5.74) is 3.23. The van der Waals surface area contributed by atoms with Crippen LogP contribution in [0.4, 0.5) is 0 Å². The van der Waals surface area contributed by atoms with Crippen molar-refractivity contribution in [3.8, 4) is 29.4 Å². The molecule has 113 heavy (non-hydrogen) atoms. The summed E-state index contributed by atoms with van der Waals surface area (Å²) in [6.45, 7) is 16.8. The number of benzene rings is 3. The van der Waals surface area contributed by atoms with Gasteiger partial charge in [-0.05, 0) is 182 Å².